The van der Waals surface area contributed by atoms with Crippen LogP contribution >= 0.6 is 0 Å². The molecule has 3 nitrogen and oxygen atoms in total. The summed E-state index contributed by atoms with van der Waals surface area (Å²) in [5.74, 6) is 0.806. The first kappa shape index (κ1) is 16.1. The number of hydrogen-bond acceptors (Lipinski definition) is 3. The molecule has 24 heavy (non-hydrogen) atoms. The van der Waals surface area contributed by atoms with E-state index in [1.54, 1.807) is 7.11 Å². The number of hydrogen-bond donors (Lipinski definition) is 2. The zero-order chi connectivity index (χ0) is 16.8. The second-order valence-electron chi connectivity index (χ2n) is 5.62. The first-order valence-electron chi connectivity index (χ1n) is 7.96. The SMILES string of the molecule is COc1ccc(NC(c2ccccc2)C(O)c2ccccc2)cc1. The molecule has 0 aliphatic rings. The lowest BCUT2D eigenvalue weighted by atomic mass is 9.95. The van der Waals surface area contributed by atoms with Crippen LogP contribution in [0.4, 0.5) is 5.69 Å². The average molecular weight is 319 g/mol. The number of nitrogens with one attached hydrogen (secondary N) is 1. The van der Waals surface area contributed by atoms with Gasteiger partial charge in [-0.05, 0) is 35.4 Å². The Morgan fingerprint density at radius 1 is 0.750 bits per heavy atom. The molecule has 0 amide bonds. The van der Waals surface area contributed by atoms with Gasteiger partial charge in [0.05, 0.1) is 13.2 Å². The molecule has 0 radical (unpaired) electrons. The third-order valence-electron chi connectivity index (χ3n) is 4.03. The number of rotatable bonds is 6. The van der Waals surface area contributed by atoms with E-state index < -0.39 is 6.10 Å². The van der Waals surface area contributed by atoms with E-state index in [-0.39, 0.29) is 6.04 Å². The molecule has 3 heteroatoms. The molecular weight excluding hydrogens is 298 g/mol. The van der Waals surface area contributed by atoms with E-state index in [1.807, 2.05) is 84.9 Å². The summed E-state index contributed by atoms with van der Waals surface area (Å²) in [6, 6.07) is 27.1. The monoisotopic (exact) mass is 319 g/mol. The molecule has 122 valence electrons. The third kappa shape index (κ3) is 3.76. The van der Waals surface area contributed by atoms with Gasteiger partial charge in [-0.25, -0.2) is 0 Å². The van der Waals surface area contributed by atoms with E-state index >= 15 is 0 Å². The maximum atomic E-state index is 10.9. The van der Waals surface area contributed by atoms with Crippen LogP contribution in [0, 0.1) is 0 Å². The quantitative estimate of drug-likeness (QED) is 0.698. The van der Waals surface area contributed by atoms with E-state index in [4.69, 9.17) is 4.74 Å². The summed E-state index contributed by atoms with van der Waals surface area (Å²) in [6.45, 7) is 0. The second kappa shape index (κ2) is 7.66. The first-order chi connectivity index (χ1) is 11.8. The zero-order valence-electron chi connectivity index (χ0n) is 13.6. The van der Waals surface area contributed by atoms with Crippen molar-refractivity contribution in [2.75, 3.05) is 12.4 Å². The smallest absolute Gasteiger partial charge is 0.119 e. The van der Waals surface area contributed by atoms with E-state index in [9.17, 15) is 5.11 Å². The molecule has 0 aliphatic carbocycles. The number of methoxy groups -OCH3 is 1. The van der Waals surface area contributed by atoms with E-state index in [2.05, 4.69) is 5.32 Å². The molecule has 3 aromatic rings. The third-order valence-corrected chi connectivity index (χ3v) is 4.03. The lowest BCUT2D eigenvalue weighted by Crippen LogP contribution is -2.19. The molecule has 0 aromatic heterocycles. The maximum Gasteiger partial charge on any atom is 0.119 e. The molecular formula is C21H21NO2. The largest absolute Gasteiger partial charge is 0.497 e. The molecule has 0 saturated carbocycles. The second-order valence-corrected chi connectivity index (χ2v) is 5.62. The standard InChI is InChI=1S/C21H21NO2/c1-24-19-14-12-18(13-15-19)22-20(16-8-4-2-5-9-16)21(23)17-10-6-3-7-11-17/h2-15,20-23H,1H3. The van der Waals surface area contributed by atoms with Crippen LogP contribution in [0.5, 0.6) is 5.75 Å². The van der Waals surface area contributed by atoms with Crippen LogP contribution in [-0.2, 0) is 0 Å². The lowest BCUT2D eigenvalue weighted by Gasteiger charge is -2.26. The summed E-state index contributed by atoms with van der Waals surface area (Å²) in [7, 11) is 1.65. The van der Waals surface area contributed by atoms with Crippen LogP contribution in [0.3, 0.4) is 0 Å². The van der Waals surface area contributed by atoms with Crippen molar-refractivity contribution in [1.29, 1.82) is 0 Å². The van der Waals surface area contributed by atoms with Crippen molar-refractivity contribution in [2.24, 2.45) is 0 Å². The van der Waals surface area contributed by atoms with E-state index in [0.717, 1.165) is 22.6 Å². The van der Waals surface area contributed by atoms with Gasteiger partial charge in [0.2, 0.25) is 0 Å². The summed E-state index contributed by atoms with van der Waals surface area (Å²) < 4.78 is 5.20. The lowest BCUT2D eigenvalue weighted by molar-refractivity contribution is 0.155. The minimum Gasteiger partial charge on any atom is -0.497 e. The van der Waals surface area contributed by atoms with E-state index in [0.29, 0.717) is 0 Å². The summed E-state index contributed by atoms with van der Waals surface area (Å²) in [4.78, 5) is 0. The number of aliphatic hydroxyl groups is 1. The molecule has 0 fully saturated rings. The minimum absolute atomic E-state index is 0.248. The molecule has 0 spiro atoms. The molecule has 0 bridgehead atoms. The van der Waals surface area contributed by atoms with Gasteiger partial charge >= 0.3 is 0 Å². The van der Waals surface area contributed by atoms with Crippen molar-refractivity contribution in [3.05, 3.63) is 96.1 Å². The maximum absolute atomic E-state index is 10.9. The minimum atomic E-state index is -0.657. The highest BCUT2D eigenvalue weighted by atomic mass is 16.5. The Bertz CT molecular complexity index is 742. The van der Waals surface area contributed by atoms with Gasteiger partial charge in [0, 0.05) is 5.69 Å². The molecule has 2 N–H and O–H groups in total. The highest BCUT2D eigenvalue weighted by Crippen LogP contribution is 2.32. The summed E-state index contributed by atoms with van der Waals surface area (Å²) in [5.41, 5.74) is 2.84. The molecule has 2 atom stereocenters. The van der Waals surface area contributed by atoms with Crippen LogP contribution in [0.15, 0.2) is 84.9 Å². The highest BCUT2D eigenvalue weighted by molar-refractivity contribution is 5.49. The van der Waals surface area contributed by atoms with Crippen LogP contribution in [0.25, 0.3) is 0 Å². The van der Waals surface area contributed by atoms with Crippen LogP contribution in [0.2, 0.25) is 0 Å². The predicted molar refractivity (Wildman–Crippen MR) is 97.2 cm³/mol. The molecule has 0 saturated heterocycles. The van der Waals surface area contributed by atoms with E-state index in [1.165, 1.54) is 0 Å². The number of anilines is 1. The summed E-state index contributed by atoms with van der Waals surface area (Å²) in [6.07, 6.45) is -0.657. The van der Waals surface area contributed by atoms with Crippen LogP contribution in [0.1, 0.15) is 23.3 Å². The van der Waals surface area contributed by atoms with Gasteiger partial charge in [-0.3, -0.25) is 0 Å². The topological polar surface area (TPSA) is 41.5 Å². The molecule has 3 rings (SSSR count). The van der Waals surface area contributed by atoms with Gasteiger partial charge < -0.3 is 15.2 Å². The van der Waals surface area contributed by atoms with Crippen molar-refractivity contribution in [3.63, 3.8) is 0 Å². The number of benzene rings is 3. The van der Waals surface area contributed by atoms with Gasteiger partial charge in [0.15, 0.2) is 0 Å². The van der Waals surface area contributed by atoms with Crippen LogP contribution < -0.4 is 10.1 Å². The summed E-state index contributed by atoms with van der Waals surface area (Å²) in [5, 5.41) is 14.3. The Kier molecular flexibility index (Phi) is 5.14. The number of ether oxygens (including phenoxy) is 1. The molecule has 2 unspecified atom stereocenters. The Balaban J connectivity index is 1.90. The van der Waals surface area contributed by atoms with Crippen molar-refractivity contribution < 1.29 is 9.84 Å². The molecule has 0 aliphatic heterocycles. The highest BCUT2D eigenvalue weighted by Gasteiger charge is 2.22. The predicted octanol–water partition coefficient (Wildman–Crippen LogP) is 4.58. The van der Waals surface area contributed by atoms with Gasteiger partial charge in [0.1, 0.15) is 11.9 Å². The normalized spacial score (nSPS) is 13.1. The fourth-order valence-electron chi connectivity index (χ4n) is 2.71. The van der Waals surface area contributed by atoms with Crippen molar-refractivity contribution >= 4 is 5.69 Å². The van der Waals surface area contributed by atoms with Gasteiger partial charge in [-0.1, -0.05) is 60.7 Å². The first-order valence-corrected chi connectivity index (χ1v) is 7.96. The van der Waals surface area contributed by atoms with Gasteiger partial charge in [0.25, 0.3) is 0 Å². The number of aliphatic hydroxyl groups excluding tert-OH is 1. The Labute approximate surface area is 142 Å². The molecule has 3 aromatic carbocycles. The average Bonchev–Trinajstić information content (AvgIpc) is 2.67. The fourth-order valence-corrected chi connectivity index (χ4v) is 2.71. The molecule has 0 heterocycles. The Morgan fingerprint density at radius 2 is 1.29 bits per heavy atom. The zero-order valence-corrected chi connectivity index (χ0v) is 13.6. The van der Waals surface area contributed by atoms with Crippen molar-refractivity contribution in [1.82, 2.24) is 0 Å². The van der Waals surface area contributed by atoms with Crippen molar-refractivity contribution in [2.45, 2.75) is 12.1 Å². The summed E-state index contributed by atoms with van der Waals surface area (Å²) >= 11 is 0. The Hall–Kier alpha value is -2.78. The fraction of sp³-hybridized carbons (Fsp3) is 0.143. The van der Waals surface area contributed by atoms with Crippen molar-refractivity contribution in [3.8, 4) is 5.75 Å². The van der Waals surface area contributed by atoms with Gasteiger partial charge in [-0.15, -0.1) is 0 Å². The Morgan fingerprint density at radius 3 is 1.83 bits per heavy atom. The van der Waals surface area contributed by atoms with Crippen LogP contribution in [-0.4, -0.2) is 12.2 Å². The van der Waals surface area contributed by atoms with Gasteiger partial charge in [-0.2, -0.15) is 0 Å².